The van der Waals surface area contributed by atoms with E-state index in [1.165, 1.54) is 13.8 Å². The number of carbonyl (C=O) groups excluding carboxylic acids is 5. The summed E-state index contributed by atoms with van der Waals surface area (Å²) in [5.74, 6) is -3.09. The van der Waals surface area contributed by atoms with Gasteiger partial charge in [-0.05, 0) is 24.6 Å². The summed E-state index contributed by atoms with van der Waals surface area (Å²) in [5, 5.41) is 6.78. The van der Waals surface area contributed by atoms with Crippen LogP contribution in [-0.4, -0.2) is 72.7 Å². The number of hydrogen-bond acceptors (Lipinski definition) is 11. The fourth-order valence-electron chi connectivity index (χ4n) is 4.92. The van der Waals surface area contributed by atoms with Crippen molar-refractivity contribution in [3.05, 3.63) is 65.2 Å². The highest BCUT2D eigenvalue weighted by Crippen LogP contribution is 2.33. The average Bonchev–Trinajstić information content (AvgIpc) is 3.18. The Morgan fingerprint density at radius 1 is 0.930 bits per heavy atom. The Balaban J connectivity index is 1.71. The quantitative estimate of drug-likeness (QED) is 0.258. The number of esters is 3. The first-order chi connectivity index (χ1) is 20.4. The predicted octanol–water partition coefficient (Wildman–Crippen LogP) is 1.92. The van der Waals surface area contributed by atoms with Crippen molar-refractivity contribution >= 4 is 41.1 Å². The third-order valence-electron chi connectivity index (χ3n) is 6.65. The first kappa shape index (κ1) is 31.2. The number of benzene rings is 2. The van der Waals surface area contributed by atoms with Gasteiger partial charge in [-0.2, -0.15) is 0 Å². The maximum atomic E-state index is 13.7. The van der Waals surface area contributed by atoms with Crippen LogP contribution in [0, 0.1) is 6.92 Å². The topological polar surface area (TPSA) is 159 Å². The fourth-order valence-corrected chi connectivity index (χ4v) is 4.92. The van der Waals surface area contributed by atoms with E-state index >= 15 is 0 Å². The summed E-state index contributed by atoms with van der Waals surface area (Å²) in [5.41, 5.74) is 2.93. The Kier molecular flexibility index (Phi) is 9.76. The van der Waals surface area contributed by atoms with E-state index in [0.29, 0.717) is 11.3 Å². The fraction of sp³-hybridized carbons (Fsp3) is 0.400. The Morgan fingerprint density at radius 2 is 1.60 bits per heavy atom. The molecule has 5 unspecified atom stereocenters. The van der Waals surface area contributed by atoms with E-state index in [2.05, 4.69) is 10.5 Å². The van der Waals surface area contributed by atoms with Gasteiger partial charge < -0.3 is 34.0 Å². The Bertz CT molecular complexity index is 1430. The molecule has 43 heavy (non-hydrogen) atoms. The van der Waals surface area contributed by atoms with Crippen LogP contribution in [0.1, 0.15) is 44.4 Å². The lowest BCUT2D eigenvalue weighted by Gasteiger charge is -2.43. The molecule has 0 bridgehead atoms. The number of anilines is 1. The zero-order valence-electron chi connectivity index (χ0n) is 24.4. The van der Waals surface area contributed by atoms with E-state index in [1.54, 1.807) is 11.0 Å². The molecule has 2 aliphatic heterocycles. The SMILES string of the molecule is CC(=O)NC1C(O/N=C2\C(=O)N(Cc3ccccc3)c3ccc(C)cc32)OC(COC(C)=O)C(OC(C)=O)C1OC(C)=O. The van der Waals surface area contributed by atoms with Crippen molar-refractivity contribution < 1.29 is 47.8 Å². The molecule has 0 aliphatic carbocycles. The lowest BCUT2D eigenvalue weighted by molar-refractivity contribution is -0.278. The van der Waals surface area contributed by atoms with Gasteiger partial charge in [0.25, 0.3) is 12.2 Å². The van der Waals surface area contributed by atoms with E-state index in [4.69, 9.17) is 23.8 Å². The highest BCUT2D eigenvalue weighted by atomic mass is 16.8. The van der Waals surface area contributed by atoms with Crippen molar-refractivity contribution in [2.75, 3.05) is 11.5 Å². The van der Waals surface area contributed by atoms with Crippen LogP contribution in [0.25, 0.3) is 0 Å². The van der Waals surface area contributed by atoms with Gasteiger partial charge in [-0.15, -0.1) is 0 Å². The molecular weight excluding hydrogens is 562 g/mol. The molecule has 0 saturated carbocycles. The third kappa shape index (κ3) is 7.55. The van der Waals surface area contributed by atoms with E-state index in [-0.39, 0.29) is 12.3 Å². The smallest absolute Gasteiger partial charge is 0.303 e. The predicted molar refractivity (Wildman–Crippen MR) is 150 cm³/mol. The average molecular weight is 596 g/mol. The summed E-state index contributed by atoms with van der Waals surface area (Å²) in [7, 11) is 0. The number of ether oxygens (including phenoxy) is 4. The molecule has 2 amide bonds. The summed E-state index contributed by atoms with van der Waals surface area (Å²) in [6.45, 7) is 6.44. The highest BCUT2D eigenvalue weighted by molar-refractivity contribution is 6.54. The Morgan fingerprint density at radius 3 is 2.23 bits per heavy atom. The first-order valence-corrected chi connectivity index (χ1v) is 13.6. The number of nitrogens with zero attached hydrogens (tertiary/aromatic N) is 2. The second kappa shape index (κ2) is 13.5. The Hall–Kier alpha value is -4.78. The molecule has 1 saturated heterocycles. The molecule has 1 fully saturated rings. The van der Waals surface area contributed by atoms with Crippen LogP contribution in [0.5, 0.6) is 0 Å². The molecule has 228 valence electrons. The molecule has 13 nitrogen and oxygen atoms in total. The van der Waals surface area contributed by atoms with Crippen LogP contribution in [0.3, 0.4) is 0 Å². The molecule has 1 N–H and O–H groups in total. The number of fused-ring (bicyclic) bond motifs is 1. The monoisotopic (exact) mass is 595 g/mol. The van der Waals surface area contributed by atoms with Crippen LogP contribution in [0.4, 0.5) is 5.69 Å². The van der Waals surface area contributed by atoms with Gasteiger partial charge in [0.1, 0.15) is 18.8 Å². The van der Waals surface area contributed by atoms with Crippen LogP contribution < -0.4 is 10.2 Å². The molecule has 0 radical (unpaired) electrons. The lowest BCUT2D eigenvalue weighted by Crippen LogP contribution is -2.66. The van der Waals surface area contributed by atoms with Crippen molar-refractivity contribution in [2.45, 2.75) is 71.8 Å². The van der Waals surface area contributed by atoms with E-state index in [9.17, 15) is 24.0 Å². The zero-order chi connectivity index (χ0) is 31.3. The zero-order valence-corrected chi connectivity index (χ0v) is 24.4. The third-order valence-corrected chi connectivity index (χ3v) is 6.65. The highest BCUT2D eigenvalue weighted by Gasteiger charge is 2.52. The molecule has 0 aromatic heterocycles. The molecule has 2 aromatic carbocycles. The maximum Gasteiger partial charge on any atom is 0.303 e. The number of carbonyl (C=O) groups is 5. The molecule has 2 heterocycles. The molecule has 5 atom stereocenters. The lowest BCUT2D eigenvalue weighted by atomic mass is 9.96. The molecule has 0 spiro atoms. The van der Waals surface area contributed by atoms with Gasteiger partial charge in [-0.3, -0.25) is 24.0 Å². The summed E-state index contributed by atoms with van der Waals surface area (Å²) < 4.78 is 22.0. The summed E-state index contributed by atoms with van der Waals surface area (Å²) >= 11 is 0. The van der Waals surface area contributed by atoms with Crippen molar-refractivity contribution in [1.29, 1.82) is 0 Å². The standard InChI is InChI=1S/C30H33N3O10/c1-16-11-12-23-22(13-16)25(29(38)33(23)14-21-9-7-6-8-10-21)32-43-30-26(31-17(2)34)28(41-20(5)37)27(40-19(4)36)24(42-30)15-39-18(3)35/h6-13,24,26-28,30H,14-15H2,1-5H3,(H,31,34)/b32-25-. The number of rotatable bonds is 9. The normalized spacial score (nSPS) is 23.7. The van der Waals surface area contributed by atoms with Crippen molar-refractivity contribution in [2.24, 2.45) is 5.16 Å². The second-order valence-corrected chi connectivity index (χ2v) is 10.2. The van der Waals surface area contributed by atoms with Crippen molar-refractivity contribution in [3.8, 4) is 0 Å². The van der Waals surface area contributed by atoms with Gasteiger partial charge in [-0.1, -0.05) is 47.1 Å². The van der Waals surface area contributed by atoms with Gasteiger partial charge in [0, 0.05) is 33.3 Å². The van der Waals surface area contributed by atoms with Crippen LogP contribution in [0.2, 0.25) is 0 Å². The minimum atomic E-state index is -1.46. The van der Waals surface area contributed by atoms with Crippen LogP contribution >= 0.6 is 0 Å². The Labute approximate surface area is 248 Å². The summed E-state index contributed by atoms with van der Waals surface area (Å²) in [4.78, 5) is 68.9. The molecule has 2 aromatic rings. The van der Waals surface area contributed by atoms with Crippen LogP contribution in [-0.2, 0) is 54.3 Å². The number of oxime groups is 1. The van der Waals surface area contributed by atoms with E-state index in [0.717, 1.165) is 25.0 Å². The van der Waals surface area contributed by atoms with Gasteiger partial charge in [0.05, 0.1) is 12.2 Å². The summed E-state index contributed by atoms with van der Waals surface area (Å²) in [6, 6.07) is 13.7. The van der Waals surface area contributed by atoms with Gasteiger partial charge >= 0.3 is 17.9 Å². The van der Waals surface area contributed by atoms with E-state index in [1.807, 2.05) is 49.4 Å². The number of nitrogens with one attached hydrogen (secondary N) is 1. The van der Waals surface area contributed by atoms with Crippen molar-refractivity contribution in [1.82, 2.24) is 5.32 Å². The second-order valence-electron chi connectivity index (χ2n) is 10.2. The van der Waals surface area contributed by atoms with Crippen molar-refractivity contribution in [3.63, 3.8) is 0 Å². The molecule has 13 heteroatoms. The van der Waals surface area contributed by atoms with E-state index < -0.39 is 67.0 Å². The number of amides is 2. The largest absolute Gasteiger partial charge is 0.463 e. The van der Waals surface area contributed by atoms with Gasteiger partial charge in [-0.25, -0.2) is 0 Å². The van der Waals surface area contributed by atoms with Gasteiger partial charge in [0.2, 0.25) is 5.91 Å². The van der Waals surface area contributed by atoms with Gasteiger partial charge in [0.15, 0.2) is 17.9 Å². The number of aryl methyl sites for hydroxylation is 1. The maximum absolute atomic E-state index is 13.7. The number of hydrogen-bond donors (Lipinski definition) is 1. The minimum absolute atomic E-state index is 0.0116. The molecule has 2 aliphatic rings. The van der Waals surface area contributed by atoms with Crippen LogP contribution in [0.15, 0.2) is 53.7 Å². The molecule has 4 rings (SSSR count). The summed E-state index contributed by atoms with van der Waals surface area (Å²) in [6.07, 6.45) is -5.26. The minimum Gasteiger partial charge on any atom is -0.463 e. The first-order valence-electron chi connectivity index (χ1n) is 13.6. The molecular formula is C30H33N3O10.